The van der Waals surface area contributed by atoms with Crippen LogP contribution in [-0.4, -0.2) is 106 Å². The van der Waals surface area contributed by atoms with Gasteiger partial charge in [0.25, 0.3) is 0 Å². The van der Waals surface area contributed by atoms with Crippen LogP contribution in [0.5, 0.6) is 0 Å². The number of ether oxygens (including phenoxy) is 8. The molecule has 0 rings (SSSR count). The summed E-state index contributed by atoms with van der Waals surface area (Å²) in [7, 11) is 1.36. The summed E-state index contributed by atoms with van der Waals surface area (Å²) in [4.78, 5) is 10.9. The molecule has 0 unspecified atom stereocenters. The first kappa shape index (κ1) is 36.2. The third-order valence-corrected chi connectivity index (χ3v) is 5.55. The van der Waals surface area contributed by atoms with E-state index in [1.165, 1.54) is 64.9 Å². The van der Waals surface area contributed by atoms with E-state index in [-0.39, 0.29) is 12.4 Å². The van der Waals surface area contributed by atoms with Crippen LogP contribution in [0, 0.1) is 0 Å². The third kappa shape index (κ3) is 33.2. The molecule has 0 atom stereocenters. The number of carbonyl (C=O) groups is 1. The molecule has 0 saturated carbocycles. The van der Waals surface area contributed by atoms with Crippen molar-refractivity contribution in [1.82, 2.24) is 0 Å². The standard InChI is InChI=1S/C28H56O9/c1-3-4-5-6-7-8-9-10-11-12-14-31-16-18-33-20-22-35-24-26-37-27-25-36-23-21-34-19-17-32-15-13-28(29)30-2/h3-27H2,1-2H3. The monoisotopic (exact) mass is 536 g/mol. The van der Waals surface area contributed by atoms with Crippen LogP contribution in [0.2, 0.25) is 0 Å². The van der Waals surface area contributed by atoms with E-state index >= 15 is 0 Å². The highest BCUT2D eigenvalue weighted by molar-refractivity contribution is 5.69. The van der Waals surface area contributed by atoms with Gasteiger partial charge < -0.3 is 37.9 Å². The molecule has 0 amide bonds. The van der Waals surface area contributed by atoms with E-state index in [0.717, 1.165) is 13.0 Å². The van der Waals surface area contributed by atoms with Crippen molar-refractivity contribution < 1.29 is 42.7 Å². The maximum Gasteiger partial charge on any atom is 0.307 e. The maximum atomic E-state index is 10.9. The molecule has 37 heavy (non-hydrogen) atoms. The van der Waals surface area contributed by atoms with Crippen LogP contribution in [0.3, 0.4) is 0 Å². The number of hydrogen-bond donors (Lipinski definition) is 0. The molecular formula is C28H56O9. The average molecular weight is 537 g/mol. The Morgan fingerprint density at radius 2 is 0.703 bits per heavy atom. The number of rotatable bonds is 32. The van der Waals surface area contributed by atoms with Gasteiger partial charge in [-0.2, -0.15) is 0 Å². The van der Waals surface area contributed by atoms with E-state index in [2.05, 4.69) is 11.7 Å². The zero-order valence-corrected chi connectivity index (χ0v) is 23.9. The van der Waals surface area contributed by atoms with E-state index in [9.17, 15) is 4.79 Å². The number of hydrogen-bond acceptors (Lipinski definition) is 9. The predicted octanol–water partition coefficient (Wildman–Crippen LogP) is 4.59. The van der Waals surface area contributed by atoms with Crippen molar-refractivity contribution >= 4 is 5.97 Å². The van der Waals surface area contributed by atoms with E-state index < -0.39 is 0 Å². The Bertz CT molecular complexity index is 438. The van der Waals surface area contributed by atoms with Crippen LogP contribution in [0.4, 0.5) is 0 Å². The Balaban J connectivity index is 3.03. The molecule has 0 heterocycles. The van der Waals surface area contributed by atoms with Gasteiger partial charge in [0.15, 0.2) is 0 Å². The van der Waals surface area contributed by atoms with Gasteiger partial charge in [-0.15, -0.1) is 0 Å². The first-order chi connectivity index (χ1) is 18.3. The van der Waals surface area contributed by atoms with Crippen molar-refractivity contribution in [2.75, 3.05) is 99.6 Å². The Morgan fingerprint density at radius 3 is 1.05 bits per heavy atom. The summed E-state index contributed by atoms with van der Waals surface area (Å²) in [6, 6.07) is 0. The van der Waals surface area contributed by atoms with Crippen molar-refractivity contribution in [2.45, 2.75) is 77.6 Å². The summed E-state index contributed by atoms with van der Waals surface area (Å²) in [5.41, 5.74) is 0. The van der Waals surface area contributed by atoms with E-state index in [1.54, 1.807) is 0 Å². The fraction of sp³-hybridized carbons (Fsp3) is 0.964. The Labute approximate surface area is 226 Å². The second-order valence-corrected chi connectivity index (χ2v) is 8.79. The minimum absolute atomic E-state index is 0.257. The van der Waals surface area contributed by atoms with Gasteiger partial charge in [-0.1, -0.05) is 64.7 Å². The van der Waals surface area contributed by atoms with Gasteiger partial charge in [-0.25, -0.2) is 0 Å². The van der Waals surface area contributed by atoms with E-state index in [0.29, 0.717) is 85.9 Å². The number of unbranched alkanes of at least 4 members (excludes halogenated alkanes) is 9. The van der Waals surface area contributed by atoms with Gasteiger partial charge in [0, 0.05) is 6.61 Å². The van der Waals surface area contributed by atoms with Crippen molar-refractivity contribution in [3.05, 3.63) is 0 Å². The minimum Gasteiger partial charge on any atom is -0.469 e. The summed E-state index contributed by atoms with van der Waals surface area (Å²) in [6.45, 7) is 9.84. The van der Waals surface area contributed by atoms with Crippen LogP contribution in [0.25, 0.3) is 0 Å². The molecular weight excluding hydrogens is 480 g/mol. The number of methoxy groups -OCH3 is 1. The SMILES string of the molecule is CCCCCCCCCCCCOCCOCCOCCOCCOCCOCCOCCC(=O)OC. The molecule has 0 bridgehead atoms. The summed E-state index contributed by atoms with van der Waals surface area (Å²) < 4.78 is 42.7. The molecule has 0 aromatic heterocycles. The van der Waals surface area contributed by atoms with Crippen molar-refractivity contribution in [3.8, 4) is 0 Å². The molecule has 9 nitrogen and oxygen atoms in total. The van der Waals surface area contributed by atoms with Crippen molar-refractivity contribution in [1.29, 1.82) is 0 Å². The molecule has 0 aliphatic heterocycles. The van der Waals surface area contributed by atoms with Crippen molar-refractivity contribution in [2.24, 2.45) is 0 Å². The van der Waals surface area contributed by atoms with Gasteiger partial charge >= 0.3 is 5.97 Å². The first-order valence-electron chi connectivity index (χ1n) is 14.4. The molecule has 0 N–H and O–H groups in total. The molecule has 222 valence electrons. The molecule has 0 saturated heterocycles. The molecule has 0 fully saturated rings. The third-order valence-electron chi connectivity index (χ3n) is 5.55. The van der Waals surface area contributed by atoms with Crippen LogP contribution in [0.15, 0.2) is 0 Å². The normalized spacial score (nSPS) is 11.3. The molecule has 0 aliphatic rings. The zero-order valence-electron chi connectivity index (χ0n) is 23.9. The lowest BCUT2D eigenvalue weighted by atomic mass is 10.1. The summed E-state index contributed by atoms with van der Waals surface area (Å²) in [6.07, 6.45) is 13.7. The van der Waals surface area contributed by atoms with Crippen LogP contribution < -0.4 is 0 Å². The zero-order chi connectivity index (χ0) is 26.9. The Morgan fingerprint density at radius 1 is 0.405 bits per heavy atom. The highest BCUT2D eigenvalue weighted by atomic mass is 16.6. The van der Waals surface area contributed by atoms with Crippen LogP contribution in [-0.2, 0) is 42.7 Å². The molecule has 9 heteroatoms. The molecule has 0 spiro atoms. The largest absolute Gasteiger partial charge is 0.469 e. The quantitative estimate of drug-likeness (QED) is 0.0904. The predicted molar refractivity (Wildman–Crippen MR) is 144 cm³/mol. The molecule has 0 aliphatic carbocycles. The molecule has 0 radical (unpaired) electrons. The summed E-state index contributed by atoms with van der Waals surface area (Å²) in [5.74, 6) is -0.275. The minimum atomic E-state index is -0.275. The summed E-state index contributed by atoms with van der Waals surface area (Å²) in [5, 5.41) is 0. The van der Waals surface area contributed by atoms with E-state index in [4.69, 9.17) is 33.2 Å². The average Bonchev–Trinajstić information content (AvgIpc) is 2.91. The molecule has 0 aromatic carbocycles. The Kier molecular flexibility index (Phi) is 32.5. The Hall–Kier alpha value is -0.810. The smallest absolute Gasteiger partial charge is 0.307 e. The lowest BCUT2D eigenvalue weighted by Crippen LogP contribution is -2.14. The highest BCUT2D eigenvalue weighted by Crippen LogP contribution is 2.10. The fourth-order valence-electron chi connectivity index (χ4n) is 3.37. The number of carbonyl (C=O) groups excluding carboxylic acids is 1. The lowest BCUT2D eigenvalue weighted by molar-refractivity contribution is -0.141. The topological polar surface area (TPSA) is 90.9 Å². The van der Waals surface area contributed by atoms with Gasteiger partial charge in [0.05, 0.1) is 99.4 Å². The van der Waals surface area contributed by atoms with Gasteiger partial charge in [0.2, 0.25) is 0 Å². The van der Waals surface area contributed by atoms with Crippen LogP contribution in [0.1, 0.15) is 77.6 Å². The van der Waals surface area contributed by atoms with Gasteiger partial charge in [-0.3, -0.25) is 4.79 Å². The first-order valence-corrected chi connectivity index (χ1v) is 14.4. The highest BCUT2D eigenvalue weighted by Gasteiger charge is 1.99. The second kappa shape index (κ2) is 33.2. The lowest BCUT2D eigenvalue weighted by Gasteiger charge is -2.08. The van der Waals surface area contributed by atoms with Gasteiger partial charge in [0.1, 0.15) is 0 Å². The summed E-state index contributed by atoms with van der Waals surface area (Å²) >= 11 is 0. The fourth-order valence-corrected chi connectivity index (χ4v) is 3.37. The second-order valence-electron chi connectivity index (χ2n) is 8.79. The van der Waals surface area contributed by atoms with Crippen LogP contribution >= 0.6 is 0 Å². The maximum absolute atomic E-state index is 10.9. The molecule has 0 aromatic rings. The number of esters is 1. The van der Waals surface area contributed by atoms with E-state index in [1.807, 2.05) is 0 Å². The van der Waals surface area contributed by atoms with Crippen molar-refractivity contribution in [3.63, 3.8) is 0 Å². The van der Waals surface area contributed by atoms with Gasteiger partial charge in [-0.05, 0) is 6.42 Å².